The van der Waals surface area contributed by atoms with Crippen LogP contribution in [0.4, 0.5) is 0 Å². The first-order valence-electron chi connectivity index (χ1n) is 8.07. The highest BCUT2D eigenvalue weighted by Gasteiger charge is 2.29. The largest absolute Gasteiger partial charge is 0.352 e. The van der Waals surface area contributed by atoms with Gasteiger partial charge in [0, 0.05) is 32.2 Å². The Labute approximate surface area is 122 Å². The van der Waals surface area contributed by atoms with E-state index in [0.717, 1.165) is 58.5 Å². The monoisotopic (exact) mass is 282 g/mol. The molecular weight excluding hydrogens is 252 g/mol. The Bertz CT molecular complexity index is 319. The summed E-state index contributed by atoms with van der Waals surface area (Å²) in [6.07, 6.45) is 3.45. The maximum Gasteiger partial charge on any atom is 0.237 e. The lowest BCUT2D eigenvalue weighted by Gasteiger charge is -2.27. The third-order valence-electron chi connectivity index (χ3n) is 4.45. The van der Waals surface area contributed by atoms with Crippen molar-refractivity contribution in [2.45, 2.75) is 45.2 Å². The van der Waals surface area contributed by atoms with Crippen LogP contribution in [0.15, 0.2) is 0 Å². The summed E-state index contributed by atoms with van der Waals surface area (Å²) in [7, 11) is 0. The van der Waals surface area contributed by atoms with Gasteiger partial charge in [-0.3, -0.25) is 9.69 Å². The topological polar surface area (TPSA) is 61.6 Å². The third-order valence-corrected chi connectivity index (χ3v) is 4.45. The van der Waals surface area contributed by atoms with Crippen LogP contribution in [0.25, 0.3) is 0 Å². The van der Waals surface area contributed by atoms with Crippen LogP contribution in [0.1, 0.15) is 33.1 Å². The van der Waals surface area contributed by atoms with Crippen LogP contribution >= 0.6 is 0 Å². The Morgan fingerprint density at radius 2 is 2.00 bits per heavy atom. The highest BCUT2D eigenvalue weighted by molar-refractivity contribution is 5.81. The van der Waals surface area contributed by atoms with Gasteiger partial charge >= 0.3 is 0 Å². The van der Waals surface area contributed by atoms with Crippen LogP contribution in [0.5, 0.6) is 0 Å². The molecular formula is C15H30N4O. The Kier molecular flexibility index (Phi) is 5.81. The summed E-state index contributed by atoms with van der Waals surface area (Å²) < 4.78 is 0. The van der Waals surface area contributed by atoms with E-state index in [1.54, 1.807) is 0 Å². The number of rotatable bonds is 6. The average molecular weight is 282 g/mol. The molecule has 2 unspecified atom stereocenters. The lowest BCUT2D eigenvalue weighted by Crippen LogP contribution is -2.47. The van der Waals surface area contributed by atoms with Gasteiger partial charge in [0.2, 0.25) is 5.91 Å². The second kappa shape index (κ2) is 7.38. The molecule has 1 aliphatic carbocycles. The van der Waals surface area contributed by atoms with Crippen molar-refractivity contribution in [1.82, 2.24) is 15.1 Å². The number of carbonyl (C=O) groups is 1. The van der Waals surface area contributed by atoms with E-state index in [1.807, 2.05) is 6.92 Å². The predicted molar refractivity (Wildman–Crippen MR) is 81.5 cm³/mol. The summed E-state index contributed by atoms with van der Waals surface area (Å²) in [6.45, 7) is 10.2. The molecule has 1 aliphatic heterocycles. The van der Waals surface area contributed by atoms with E-state index in [0.29, 0.717) is 12.0 Å². The molecule has 0 spiro atoms. The summed E-state index contributed by atoms with van der Waals surface area (Å²) in [5.74, 6) is 0.758. The van der Waals surface area contributed by atoms with Crippen molar-refractivity contribution in [3.63, 3.8) is 0 Å². The van der Waals surface area contributed by atoms with Gasteiger partial charge in [0.05, 0.1) is 6.04 Å². The lowest BCUT2D eigenvalue weighted by molar-refractivity contribution is -0.126. The van der Waals surface area contributed by atoms with E-state index in [9.17, 15) is 4.79 Å². The lowest BCUT2D eigenvalue weighted by atomic mass is 10.1. The van der Waals surface area contributed by atoms with Crippen LogP contribution in [0, 0.1) is 5.92 Å². The van der Waals surface area contributed by atoms with Gasteiger partial charge in [0.25, 0.3) is 0 Å². The molecule has 2 rings (SSSR count). The fourth-order valence-electron chi connectivity index (χ4n) is 2.79. The van der Waals surface area contributed by atoms with E-state index in [1.165, 1.54) is 0 Å². The summed E-state index contributed by atoms with van der Waals surface area (Å²) >= 11 is 0. The van der Waals surface area contributed by atoms with Crippen molar-refractivity contribution in [3.8, 4) is 0 Å². The van der Waals surface area contributed by atoms with E-state index < -0.39 is 0 Å². The van der Waals surface area contributed by atoms with E-state index in [2.05, 4.69) is 22.0 Å². The summed E-state index contributed by atoms with van der Waals surface area (Å²) in [5.41, 5.74) is 5.71. The number of nitrogens with two attached hydrogens (primary N) is 1. The van der Waals surface area contributed by atoms with Gasteiger partial charge in [0.1, 0.15) is 0 Å². The first kappa shape index (κ1) is 15.7. The second-order valence-electron chi connectivity index (χ2n) is 6.49. The molecule has 1 heterocycles. The molecule has 0 aromatic heterocycles. The van der Waals surface area contributed by atoms with Crippen molar-refractivity contribution in [2.24, 2.45) is 11.7 Å². The minimum Gasteiger partial charge on any atom is -0.352 e. The summed E-state index contributed by atoms with van der Waals surface area (Å²) in [5, 5.41) is 3.11. The summed E-state index contributed by atoms with van der Waals surface area (Å²) in [6, 6.07) is 0.460. The Balaban J connectivity index is 1.77. The first-order valence-corrected chi connectivity index (χ1v) is 8.07. The molecule has 116 valence electrons. The minimum absolute atomic E-state index is 0.00230. The van der Waals surface area contributed by atoms with Crippen LogP contribution < -0.4 is 11.1 Å². The van der Waals surface area contributed by atoms with Crippen molar-refractivity contribution in [2.75, 3.05) is 39.3 Å². The van der Waals surface area contributed by atoms with Gasteiger partial charge in [-0.15, -0.1) is 0 Å². The molecule has 5 heteroatoms. The molecule has 1 amide bonds. The molecule has 2 aliphatic rings. The molecule has 3 N–H and O–H groups in total. The molecule has 5 nitrogen and oxygen atoms in total. The van der Waals surface area contributed by atoms with Crippen molar-refractivity contribution in [1.29, 1.82) is 0 Å². The molecule has 0 radical (unpaired) electrons. The third kappa shape index (κ3) is 4.72. The molecule has 20 heavy (non-hydrogen) atoms. The zero-order valence-corrected chi connectivity index (χ0v) is 13.0. The number of hydrogen-bond acceptors (Lipinski definition) is 4. The Morgan fingerprint density at radius 3 is 2.65 bits per heavy atom. The van der Waals surface area contributed by atoms with E-state index >= 15 is 0 Å². The average Bonchev–Trinajstić information content (AvgIpc) is 3.25. The first-order chi connectivity index (χ1) is 9.60. The van der Waals surface area contributed by atoms with Crippen LogP contribution in [0.2, 0.25) is 0 Å². The second-order valence-corrected chi connectivity index (χ2v) is 6.49. The quantitative estimate of drug-likeness (QED) is 0.733. The van der Waals surface area contributed by atoms with Crippen LogP contribution in [-0.4, -0.2) is 67.1 Å². The number of amides is 1. The van der Waals surface area contributed by atoms with Crippen molar-refractivity contribution < 1.29 is 4.79 Å². The molecule has 1 saturated heterocycles. The predicted octanol–water partition coefficient (Wildman–Crippen LogP) is 0.256. The number of nitrogens with one attached hydrogen (secondary N) is 1. The van der Waals surface area contributed by atoms with Gasteiger partial charge in [-0.25, -0.2) is 0 Å². The van der Waals surface area contributed by atoms with Crippen LogP contribution in [0.3, 0.4) is 0 Å². The molecule has 2 atom stereocenters. The molecule has 0 bridgehead atoms. The fourth-order valence-corrected chi connectivity index (χ4v) is 2.79. The molecule has 1 saturated carbocycles. The molecule has 2 fully saturated rings. The standard InChI is InChI=1S/C15H30N4O/c1-12(10-16)11-18-6-3-7-19(9-8-18)13(2)15(20)17-14-4-5-14/h12-14H,3-11,16H2,1-2H3,(H,17,20). The number of hydrogen-bond donors (Lipinski definition) is 2. The Hall–Kier alpha value is -0.650. The Morgan fingerprint density at radius 1 is 1.25 bits per heavy atom. The highest BCUT2D eigenvalue weighted by Crippen LogP contribution is 2.19. The van der Waals surface area contributed by atoms with Gasteiger partial charge in [-0.2, -0.15) is 0 Å². The molecule has 0 aromatic rings. The highest BCUT2D eigenvalue weighted by atomic mass is 16.2. The van der Waals surface area contributed by atoms with Crippen molar-refractivity contribution in [3.05, 3.63) is 0 Å². The van der Waals surface area contributed by atoms with Crippen molar-refractivity contribution >= 4 is 5.91 Å². The SMILES string of the molecule is CC(CN)CN1CCCN(C(C)C(=O)NC2CC2)CC1. The normalized spacial score (nSPS) is 24.9. The zero-order chi connectivity index (χ0) is 14.5. The van der Waals surface area contributed by atoms with Crippen LogP contribution in [-0.2, 0) is 4.79 Å². The zero-order valence-electron chi connectivity index (χ0n) is 13.0. The number of carbonyl (C=O) groups excluding carboxylic acids is 1. The maximum atomic E-state index is 12.1. The number of nitrogens with zero attached hydrogens (tertiary/aromatic N) is 2. The van der Waals surface area contributed by atoms with Gasteiger partial charge in [-0.1, -0.05) is 6.92 Å². The van der Waals surface area contributed by atoms with Gasteiger partial charge in [-0.05, 0) is 45.2 Å². The van der Waals surface area contributed by atoms with Gasteiger partial charge in [0.15, 0.2) is 0 Å². The van der Waals surface area contributed by atoms with Gasteiger partial charge < -0.3 is 16.0 Å². The summed E-state index contributed by atoms with van der Waals surface area (Å²) in [4.78, 5) is 16.9. The molecule has 0 aromatic carbocycles. The minimum atomic E-state index is 0.00230. The van der Waals surface area contributed by atoms with E-state index in [4.69, 9.17) is 5.73 Å². The maximum absolute atomic E-state index is 12.1. The van der Waals surface area contributed by atoms with E-state index in [-0.39, 0.29) is 11.9 Å². The smallest absolute Gasteiger partial charge is 0.237 e. The fraction of sp³-hybridized carbons (Fsp3) is 0.933.